The smallest absolute Gasteiger partial charge is 0.0601 e. The number of para-hydroxylation sites is 1. The van der Waals surface area contributed by atoms with Crippen molar-refractivity contribution in [2.24, 2.45) is 0 Å². The first kappa shape index (κ1) is 89.6. The molecule has 3 radical (unpaired) electrons. The molecule has 0 N–H and O–H groups in total. The van der Waals surface area contributed by atoms with Gasteiger partial charge in [0.2, 0.25) is 0 Å². The maximum absolute atomic E-state index is 5.14. The van der Waals surface area contributed by atoms with E-state index in [9.17, 15) is 0 Å². The molecule has 0 bridgehead atoms. The van der Waals surface area contributed by atoms with Crippen molar-refractivity contribution in [1.29, 1.82) is 0 Å². The summed E-state index contributed by atoms with van der Waals surface area (Å²) in [5.41, 5.74) is 32.3. The number of unbranched alkanes of at least 4 members (excludes halogenated alkanes) is 12. The summed E-state index contributed by atoms with van der Waals surface area (Å²) >= 11 is 0. The van der Waals surface area contributed by atoms with Gasteiger partial charge in [0.25, 0.3) is 0 Å². The number of nitrogens with zero attached hydrogens (tertiary/aromatic N) is 3. The van der Waals surface area contributed by atoms with E-state index in [1.54, 1.807) is 0 Å². The number of pyridine rings is 3. The number of rotatable bonds is 30. The minimum absolute atomic E-state index is 0. The minimum atomic E-state index is 0. The van der Waals surface area contributed by atoms with Crippen molar-refractivity contribution in [2.75, 3.05) is 0 Å². The van der Waals surface area contributed by atoms with Gasteiger partial charge in [-0.3, -0.25) is 15.0 Å². The van der Waals surface area contributed by atoms with Gasteiger partial charge < -0.3 is 0 Å². The molecule has 6 heteroatoms. The Kier molecular flexibility index (Phi) is 35.2. The molecule has 118 heavy (non-hydrogen) atoms. The van der Waals surface area contributed by atoms with Gasteiger partial charge in [0.1, 0.15) is 0 Å². The van der Waals surface area contributed by atoms with Crippen molar-refractivity contribution in [3.05, 3.63) is 343 Å². The van der Waals surface area contributed by atoms with E-state index in [0.29, 0.717) is 0 Å². The second-order valence-corrected chi connectivity index (χ2v) is 32.1. The predicted molar refractivity (Wildman–Crippen MR) is 493 cm³/mol. The second kappa shape index (κ2) is 46.4. The second-order valence-electron chi connectivity index (χ2n) is 32.1. The Hall–Kier alpha value is -9.18. The summed E-state index contributed by atoms with van der Waals surface area (Å²) in [6.07, 6.45) is 32.3. The molecule has 1 saturated carbocycles. The molecule has 3 nitrogen and oxygen atoms in total. The van der Waals surface area contributed by atoms with Crippen molar-refractivity contribution in [3.63, 3.8) is 0 Å². The van der Waals surface area contributed by atoms with Crippen molar-refractivity contribution in [3.8, 4) is 101 Å². The Morgan fingerprint density at radius 3 is 1.20 bits per heavy atom. The van der Waals surface area contributed by atoms with E-state index in [-0.39, 0.29) is 60.3 Å². The Labute approximate surface area is 746 Å². The van der Waals surface area contributed by atoms with E-state index in [4.69, 9.17) is 15.0 Å². The molecule has 3 aromatic heterocycles. The number of aromatic nitrogens is 3. The van der Waals surface area contributed by atoms with Crippen LogP contribution in [0.4, 0.5) is 0 Å². The normalized spacial score (nSPS) is 11.9. The van der Waals surface area contributed by atoms with Gasteiger partial charge in [-0.25, -0.2) is 0 Å². The average molecular weight is 2080 g/mol. The molecule has 1 fully saturated rings. The van der Waals surface area contributed by atoms with Crippen LogP contribution in [0.25, 0.3) is 133 Å². The molecule has 607 valence electrons. The Morgan fingerprint density at radius 2 is 0.695 bits per heavy atom. The molecule has 0 spiro atoms. The molecular weight excluding hydrogens is 1960 g/mol. The number of hydrogen-bond acceptors (Lipinski definition) is 3. The van der Waals surface area contributed by atoms with Gasteiger partial charge in [0.15, 0.2) is 0 Å². The van der Waals surface area contributed by atoms with Gasteiger partial charge in [0, 0.05) is 65.7 Å². The number of benzene rings is 12. The fourth-order valence-corrected chi connectivity index (χ4v) is 16.6. The maximum atomic E-state index is 5.14. The average Bonchev–Trinajstić information content (AvgIpc) is 0.789. The number of aryl methyl sites for hydroxylation is 5. The van der Waals surface area contributed by atoms with Gasteiger partial charge >= 0.3 is 0 Å². The van der Waals surface area contributed by atoms with E-state index in [0.717, 1.165) is 68.0 Å². The fourth-order valence-electron chi connectivity index (χ4n) is 16.6. The van der Waals surface area contributed by atoms with Crippen LogP contribution in [0.2, 0.25) is 0 Å². The Bertz CT molecular complexity index is 5590. The summed E-state index contributed by atoms with van der Waals surface area (Å²) in [5.74, 6) is 0.719. The zero-order valence-corrected chi connectivity index (χ0v) is 77.0. The molecule has 0 amide bonds. The van der Waals surface area contributed by atoms with E-state index in [1.807, 2.05) is 18.2 Å². The third-order valence-electron chi connectivity index (χ3n) is 23.4. The zero-order valence-electron chi connectivity index (χ0n) is 69.8. The molecule has 1 aliphatic rings. The molecule has 12 aromatic carbocycles. The van der Waals surface area contributed by atoms with Crippen molar-refractivity contribution in [2.45, 2.75) is 201 Å². The zero-order chi connectivity index (χ0) is 78.8. The first-order chi connectivity index (χ1) is 56.7. The summed E-state index contributed by atoms with van der Waals surface area (Å²) in [7, 11) is 0. The summed E-state index contributed by atoms with van der Waals surface area (Å²) in [4.78, 5) is 15.1. The van der Waals surface area contributed by atoms with Gasteiger partial charge in [-0.15, -0.1) is 106 Å². The summed E-state index contributed by atoms with van der Waals surface area (Å²) in [6.45, 7) is 11.2. The van der Waals surface area contributed by atoms with Crippen molar-refractivity contribution >= 4 is 32.7 Å². The molecule has 16 rings (SSSR count). The van der Waals surface area contributed by atoms with Crippen LogP contribution < -0.4 is 0 Å². The summed E-state index contributed by atoms with van der Waals surface area (Å²) in [5, 5.41) is 3.52. The van der Waals surface area contributed by atoms with Gasteiger partial charge in [-0.1, -0.05) is 336 Å². The number of hydrogen-bond donors (Lipinski definition) is 0. The van der Waals surface area contributed by atoms with E-state index < -0.39 is 0 Å². The van der Waals surface area contributed by atoms with Crippen LogP contribution in [0, 0.1) is 25.1 Å². The van der Waals surface area contributed by atoms with Crippen LogP contribution in [-0.2, 0) is 86.0 Å². The third kappa shape index (κ3) is 24.5. The van der Waals surface area contributed by atoms with Crippen LogP contribution in [0.5, 0.6) is 0 Å². The topological polar surface area (TPSA) is 38.7 Å². The largest absolute Gasteiger partial charge is 0.296 e. The molecule has 0 aliphatic heterocycles. The maximum Gasteiger partial charge on any atom is 0.0601 e. The third-order valence-corrected chi connectivity index (χ3v) is 23.4. The molecule has 15 aromatic rings. The quantitative estimate of drug-likeness (QED) is 0.0333. The molecular formula is C112H114Ir3N3-3. The van der Waals surface area contributed by atoms with Gasteiger partial charge in [0.05, 0.1) is 16.6 Å². The standard InChI is InChI=1S/C40H42N.C39H42N.C33H30N.3Ir/c1-3-4-5-7-12-30-19-21-32(22-20-30)34-16-11-18-37(27-34)40-29(2)25-38-28-36(23-24-39(38)41-40)35-17-10-15-33(26-35)31-13-8-6-9-14-31;1-3-5-7-9-12-30-16-20-32(21-17-30)34-14-11-15-36(28-34)38-27-25-37-29-35(24-26-39(37)40-38)33-22-18-31(19-23-33)13-10-8-6-4-2;1-2-3-4-6-12-25-19-21-26(22-20-25)28-15-11-16-29(23-28)33-24-31(27-13-7-5-8-14-27)30-17-9-10-18-32(30)34-33;;;/h10-11,15-17,19-28,31H,3-9,12-14H2,1-2H3;11,14,16-29H,3-10,12-13H2,1-2H3;5,7-11,13-15,17-24H,2-4,6,12H2,1H3;;;/q3*-1;;;. The van der Waals surface area contributed by atoms with Gasteiger partial charge in [-0.05, 0) is 213 Å². The molecule has 1 aliphatic carbocycles. The molecule has 3 heterocycles. The van der Waals surface area contributed by atoms with E-state index >= 15 is 0 Å². The van der Waals surface area contributed by atoms with Crippen molar-refractivity contribution in [1.82, 2.24) is 15.0 Å². The van der Waals surface area contributed by atoms with E-state index in [2.05, 4.69) is 326 Å². The first-order valence-corrected chi connectivity index (χ1v) is 43.5. The van der Waals surface area contributed by atoms with Crippen LogP contribution in [0.1, 0.15) is 202 Å². The predicted octanol–water partition coefficient (Wildman–Crippen LogP) is 31.9. The molecule has 0 atom stereocenters. The van der Waals surface area contributed by atoms with Crippen LogP contribution in [0.3, 0.4) is 0 Å². The first-order valence-electron chi connectivity index (χ1n) is 43.5. The van der Waals surface area contributed by atoms with Crippen LogP contribution in [-0.4, -0.2) is 15.0 Å². The summed E-state index contributed by atoms with van der Waals surface area (Å²) in [6, 6.07) is 116. The molecule has 0 saturated heterocycles. The molecule has 0 unspecified atom stereocenters. The van der Waals surface area contributed by atoms with Crippen LogP contribution in [0.15, 0.2) is 291 Å². The van der Waals surface area contributed by atoms with Gasteiger partial charge in [-0.2, -0.15) is 0 Å². The monoisotopic (exact) mass is 2080 g/mol. The SMILES string of the molecule is CCCCCCc1ccc(-c2cc[c-]c(-c3cc(-c4ccccc4)c4ccccc4n3)c2)cc1.CCCCCCc1ccc(-c2cc[c-]c(-c3ccc4cc(-c5ccc(CCCCCC)cc5)ccc4n3)c2)cc1.CCCCCCc1ccc(-c2cc[c-]c(-c3nc4ccc(-c5cccc(C6CCCCC6)c5)cc4cc3C)c2)cc1.[Ir].[Ir].[Ir]. The fraction of sp³-hybridized carbons (Fsp3) is 0.277. The minimum Gasteiger partial charge on any atom is -0.296 e. The van der Waals surface area contributed by atoms with Crippen molar-refractivity contribution < 1.29 is 60.3 Å². The van der Waals surface area contributed by atoms with Crippen LogP contribution >= 0.6 is 0 Å². The Balaban J connectivity index is 0.000000172. The number of fused-ring (bicyclic) bond motifs is 3. The van der Waals surface area contributed by atoms with E-state index in [1.165, 1.54) is 265 Å². The Morgan fingerprint density at radius 1 is 0.288 bits per heavy atom. The summed E-state index contributed by atoms with van der Waals surface area (Å²) < 4.78 is 0.